The minimum atomic E-state index is 0.617. The fourth-order valence-electron chi connectivity index (χ4n) is 3.47. The summed E-state index contributed by atoms with van der Waals surface area (Å²) in [6.45, 7) is 8.27. The number of hydrogen-bond donors (Lipinski definition) is 2. The van der Waals surface area contributed by atoms with Gasteiger partial charge in [-0.15, -0.1) is 0 Å². The van der Waals surface area contributed by atoms with E-state index in [2.05, 4.69) is 41.5 Å². The summed E-state index contributed by atoms with van der Waals surface area (Å²) in [6.07, 6.45) is 6.80. The van der Waals surface area contributed by atoms with Gasteiger partial charge in [-0.2, -0.15) is 0 Å². The van der Waals surface area contributed by atoms with Gasteiger partial charge in [-0.3, -0.25) is 4.90 Å². The Morgan fingerprint density at radius 2 is 2.05 bits per heavy atom. The van der Waals surface area contributed by atoms with E-state index in [1.807, 2.05) is 0 Å². The van der Waals surface area contributed by atoms with E-state index in [-0.39, 0.29) is 0 Å². The highest BCUT2D eigenvalue weighted by Crippen LogP contribution is 2.13. The molecule has 4 heteroatoms. The second-order valence-corrected chi connectivity index (χ2v) is 6.94. The number of nitrogens with zero attached hydrogens (tertiary/aromatic N) is 2. The number of nitrogens with one attached hydrogen (secondary N) is 2. The largest absolute Gasteiger partial charge is 0.314 e. The van der Waals surface area contributed by atoms with E-state index in [1.54, 1.807) is 0 Å². The van der Waals surface area contributed by atoms with Crippen molar-refractivity contribution < 1.29 is 0 Å². The van der Waals surface area contributed by atoms with Crippen molar-refractivity contribution in [2.75, 3.05) is 46.8 Å². The lowest BCUT2D eigenvalue weighted by atomic mass is 10.0. The van der Waals surface area contributed by atoms with E-state index >= 15 is 0 Å². The van der Waals surface area contributed by atoms with Crippen LogP contribution in [-0.2, 0) is 0 Å². The molecule has 0 aromatic rings. The number of rotatable bonds is 5. The highest BCUT2D eigenvalue weighted by atomic mass is 15.3. The molecule has 2 saturated heterocycles. The Morgan fingerprint density at radius 3 is 2.90 bits per heavy atom. The average Bonchev–Trinajstić information content (AvgIpc) is 2.68. The monoisotopic (exact) mass is 282 g/mol. The molecule has 3 atom stereocenters. The van der Waals surface area contributed by atoms with Crippen LogP contribution in [-0.4, -0.2) is 74.7 Å². The molecule has 0 aromatic heterocycles. The molecule has 0 bridgehead atoms. The van der Waals surface area contributed by atoms with Gasteiger partial charge >= 0.3 is 0 Å². The molecule has 4 nitrogen and oxygen atoms in total. The lowest BCUT2D eigenvalue weighted by molar-refractivity contribution is 0.111. The lowest BCUT2D eigenvalue weighted by Crippen LogP contribution is -2.54. The standard InChI is InChI=1S/C16H34N4/c1-14(11-15-7-5-4-6-8-17-15)18-12-16-13-19(2)9-10-20(16)3/h14-18H,4-13H2,1-3H3. The van der Waals surface area contributed by atoms with Crippen LogP contribution in [0.1, 0.15) is 39.0 Å². The molecule has 0 aromatic carbocycles. The highest BCUT2D eigenvalue weighted by Gasteiger charge is 2.22. The van der Waals surface area contributed by atoms with Crippen molar-refractivity contribution in [3.8, 4) is 0 Å². The van der Waals surface area contributed by atoms with Crippen molar-refractivity contribution in [2.45, 2.75) is 57.2 Å². The normalized spacial score (nSPS) is 31.9. The molecule has 0 amide bonds. The van der Waals surface area contributed by atoms with E-state index in [9.17, 15) is 0 Å². The third-order valence-corrected chi connectivity index (χ3v) is 4.98. The number of likely N-dealkylation sites (N-methyl/N-ethyl adjacent to an activating group) is 2. The van der Waals surface area contributed by atoms with Crippen LogP contribution in [0, 0.1) is 0 Å². The topological polar surface area (TPSA) is 30.5 Å². The molecular weight excluding hydrogens is 248 g/mol. The van der Waals surface area contributed by atoms with E-state index in [0.717, 1.165) is 12.6 Å². The second kappa shape index (κ2) is 8.32. The fraction of sp³-hybridized carbons (Fsp3) is 1.00. The maximum Gasteiger partial charge on any atom is 0.0345 e. The molecule has 2 aliphatic heterocycles. The van der Waals surface area contributed by atoms with Gasteiger partial charge in [-0.05, 0) is 46.8 Å². The smallest absolute Gasteiger partial charge is 0.0345 e. The molecule has 2 fully saturated rings. The van der Waals surface area contributed by atoms with E-state index in [1.165, 1.54) is 58.3 Å². The summed E-state index contributed by atoms with van der Waals surface area (Å²) < 4.78 is 0. The Bertz CT molecular complexity index is 263. The quantitative estimate of drug-likeness (QED) is 0.791. The van der Waals surface area contributed by atoms with Gasteiger partial charge in [0.15, 0.2) is 0 Å². The molecule has 0 saturated carbocycles. The summed E-state index contributed by atoms with van der Waals surface area (Å²) in [7, 11) is 4.50. The summed E-state index contributed by atoms with van der Waals surface area (Å²) >= 11 is 0. The number of hydrogen-bond acceptors (Lipinski definition) is 4. The molecule has 0 radical (unpaired) electrons. The number of piperazine rings is 1. The minimum Gasteiger partial charge on any atom is -0.314 e. The maximum absolute atomic E-state index is 3.76. The Morgan fingerprint density at radius 1 is 1.20 bits per heavy atom. The van der Waals surface area contributed by atoms with Crippen LogP contribution < -0.4 is 10.6 Å². The third kappa shape index (κ3) is 5.32. The molecule has 0 spiro atoms. The van der Waals surface area contributed by atoms with E-state index in [4.69, 9.17) is 0 Å². The van der Waals surface area contributed by atoms with Crippen molar-refractivity contribution in [1.82, 2.24) is 20.4 Å². The Hall–Kier alpha value is -0.160. The van der Waals surface area contributed by atoms with Gasteiger partial charge < -0.3 is 15.5 Å². The SMILES string of the molecule is CC(CC1CCCCCN1)NCC1CN(C)CCN1C. The van der Waals surface area contributed by atoms with Crippen LogP contribution in [0.15, 0.2) is 0 Å². The van der Waals surface area contributed by atoms with Gasteiger partial charge in [-0.25, -0.2) is 0 Å². The summed E-state index contributed by atoms with van der Waals surface area (Å²) in [5.41, 5.74) is 0. The van der Waals surface area contributed by atoms with Crippen LogP contribution in [0.2, 0.25) is 0 Å². The van der Waals surface area contributed by atoms with Crippen LogP contribution in [0.4, 0.5) is 0 Å². The molecule has 2 heterocycles. The van der Waals surface area contributed by atoms with Crippen molar-refractivity contribution in [2.24, 2.45) is 0 Å². The summed E-state index contributed by atoms with van der Waals surface area (Å²) in [4.78, 5) is 4.95. The minimum absolute atomic E-state index is 0.617. The first-order chi connectivity index (χ1) is 9.65. The van der Waals surface area contributed by atoms with Crippen molar-refractivity contribution in [3.63, 3.8) is 0 Å². The Balaban J connectivity index is 1.67. The second-order valence-electron chi connectivity index (χ2n) is 6.94. The zero-order valence-corrected chi connectivity index (χ0v) is 13.7. The molecule has 3 unspecified atom stereocenters. The van der Waals surface area contributed by atoms with Gasteiger partial charge in [0.25, 0.3) is 0 Å². The summed E-state index contributed by atoms with van der Waals surface area (Å²) in [6, 6.07) is 2.01. The highest BCUT2D eigenvalue weighted by molar-refractivity contribution is 4.82. The Labute approximate surface area is 125 Å². The van der Waals surface area contributed by atoms with Gasteiger partial charge in [0, 0.05) is 44.3 Å². The van der Waals surface area contributed by atoms with E-state index in [0.29, 0.717) is 12.1 Å². The van der Waals surface area contributed by atoms with Crippen LogP contribution in [0.3, 0.4) is 0 Å². The van der Waals surface area contributed by atoms with Crippen LogP contribution >= 0.6 is 0 Å². The van der Waals surface area contributed by atoms with Gasteiger partial charge in [0.2, 0.25) is 0 Å². The molecule has 2 aliphatic rings. The molecule has 20 heavy (non-hydrogen) atoms. The molecule has 0 aliphatic carbocycles. The first-order valence-corrected chi connectivity index (χ1v) is 8.50. The molecule has 2 N–H and O–H groups in total. The molecular formula is C16H34N4. The van der Waals surface area contributed by atoms with Gasteiger partial charge in [0.05, 0.1) is 0 Å². The van der Waals surface area contributed by atoms with Crippen molar-refractivity contribution in [1.29, 1.82) is 0 Å². The fourth-order valence-corrected chi connectivity index (χ4v) is 3.47. The van der Waals surface area contributed by atoms with Gasteiger partial charge in [-0.1, -0.05) is 12.8 Å². The Kier molecular flexibility index (Phi) is 6.75. The summed E-state index contributed by atoms with van der Waals surface area (Å²) in [5.74, 6) is 0. The maximum atomic E-state index is 3.76. The zero-order chi connectivity index (χ0) is 14.4. The predicted octanol–water partition coefficient (Wildman–Crippen LogP) is 1.13. The molecule has 118 valence electrons. The zero-order valence-electron chi connectivity index (χ0n) is 13.7. The third-order valence-electron chi connectivity index (χ3n) is 4.98. The van der Waals surface area contributed by atoms with Crippen LogP contribution in [0.5, 0.6) is 0 Å². The van der Waals surface area contributed by atoms with Crippen molar-refractivity contribution in [3.05, 3.63) is 0 Å². The predicted molar refractivity (Wildman–Crippen MR) is 86.3 cm³/mol. The average molecular weight is 282 g/mol. The van der Waals surface area contributed by atoms with E-state index < -0.39 is 0 Å². The molecule has 2 rings (SSSR count). The first-order valence-electron chi connectivity index (χ1n) is 8.50. The van der Waals surface area contributed by atoms with Gasteiger partial charge in [0.1, 0.15) is 0 Å². The summed E-state index contributed by atoms with van der Waals surface area (Å²) in [5, 5.41) is 7.47. The first kappa shape index (κ1) is 16.2. The van der Waals surface area contributed by atoms with Crippen molar-refractivity contribution >= 4 is 0 Å². The lowest BCUT2D eigenvalue weighted by Gasteiger charge is -2.38. The van der Waals surface area contributed by atoms with Crippen LogP contribution in [0.25, 0.3) is 0 Å².